The minimum atomic E-state index is -0.696. The van der Waals surface area contributed by atoms with E-state index in [1.807, 2.05) is 31.3 Å². The summed E-state index contributed by atoms with van der Waals surface area (Å²) < 4.78 is 10.7. The highest BCUT2D eigenvalue weighted by Gasteiger charge is 2.07. The highest BCUT2D eigenvalue weighted by molar-refractivity contribution is 5.62. The lowest BCUT2D eigenvalue weighted by Crippen LogP contribution is -2.26. The van der Waals surface area contributed by atoms with Crippen molar-refractivity contribution in [3.8, 4) is 22.6 Å². The van der Waals surface area contributed by atoms with E-state index in [1.165, 1.54) is 5.56 Å². The van der Waals surface area contributed by atoms with Crippen molar-refractivity contribution in [1.29, 1.82) is 0 Å². The molecule has 2 aromatic carbocycles. The molecule has 152 valence electrons. The van der Waals surface area contributed by atoms with Crippen molar-refractivity contribution in [2.24, 2.45) is 0 Å². The fourth-order valence-corrected chi connectivity index (χ4v) is 2.77. The number of aromatic nitrogens is 2. The molecule has 0 radical (unpaired) electrons. The van der Waals surface area contributed by atoms with Crippen LogP contribution in [0.3, 0.4) is 0 Å². The molecule has 0 amide bonds. The predicted octanol–water partition coefficient (Wildman–Crippen LogP) is 2.72. The van der Waals surface area contributed by atoms with Crippen LogP contribution in [0.1, 0.15) is 5.56 Å². The van der Waals surface area contributed by atoms with Gasteiger partial charge in [0.25, 0.3) is 0 Å². The topological polar surface area (TPSA) is 88.5 Å². The molecule has 1 heterocycles. The van der Waals surface area contributed by atoms with Crippen LogP contribution in [0.4, 0.5) is 5.95 Å². The molecule has 1 unspecified atom stereocenters. The minimum Gasteiger partial charge on any atom is -0.497 e. The molecule has 0 spiro atoms. The van der Waals surface area contributed by atoms with Gasteiger partial charge >= 0.3 is 0 Å². The average molecular weight is 394 g/mol. The first-order valence-electron chi connectivity index (χ1n) is 9.42. The lowest BCUT2D eigenvalue weighted by atomic mass is 10.1. The third kappa shape index (κ3) is 6.17. The molecule has 0 aliphatic heterocycles. The summed E-state index contributed by atoms with van der Waals surface area (Å²) in [6.07, 6.45) is 2.85. The molecule has 0 bridgehead atoms. The van der Waals surface area contributed by atoms with E-state index in [0.717, 1.165) is 23.4 Å². The minimum absolute atomic E-state index is 0.162. The van der Waals surface area contributed by atoms with Gasteiger partial charge in [-0.15, -0.1) is 0 Å². The zero-order valence-electron chi connectivity index (χ0n) is 16.6. The summed E-state index contributed by atoms with van der Waals surface area (Å²) in [6.45, 7) is 1.26. The van der Waals surface area contributed by atoms with Gasteiger partial charge in [0.2, 0.25) is 5.95 Å². The molecule has 0 saturated heterocycles. The maximum Gasteiger partial charge on any atom is 0.222 e. The van der Waals surface area contributed by atoms with E-state index < -0.39 is 6.10 Å². The van der Waals surface area contributed by atoms with Crippen LogP contribution in [-0.2, 0) is 6.54 Å². The van der Waals surface area contributed by atoms with E-state index in [2.05, 4.69) is 32.7 Å². The first-order chi connectivity index (χ1) is 14.2. The number of nitrogens with one attached hydrogen (secondary N) is 2. The second-order valence-electron chi connectivity index (χ2n) is 6.55. The zero-order chi connectivity index (χ0) is 20.5. The van der Waals surface area contributed by atoms with Gasteiger partial charge in [0.05, 0.1) is 7.11 Å². The van der Waals surface area contributed by atoms with Gasteiger partial charge < -0.3 is 25.2 Å². The summed E-state index contributed by atoms with van der Waals surface area (Å²) in [5.41, 5.74) is 3.21. The number of rotatable bonds is 10. The SMILES string of the molecule is CNCc1cccc(-c2cnc(NCC(O)COc3ccc(OC)cc3)nc2)c1. The number of ether oxygens (including phenoxy) is 2. The Morgan fingerprint density at radius 1 is 1.00 bits per heavy atom. The summed E-state index contributed by atoms with van der Waals surface area (Å²) in [5, 5.41) is 16.3. The highest BCUT2D eigenvalue weighted by Crippen LogP contribution is 2.20. The average Bonchev–Trinajstić information content (AvgIpc) is 2.77. The fraction of sp³-hybridized carbons (Fsp3) is 0.273. The Kier molecular flexibility index (Phi) is 7.38. The van der Waals surface area contributed by atoms with E-state index in [0.29, 0.717) is 11.7 Å². The molecular weight excluding hydrogens is 368 g/mol. The molecule has 29 heavy (non-hydrogen) atoms. The van der Waals surface area contributed by atoms with Crippen LogP contribution in [0.2, 0.25) is 0 Å². The van der Waals surface area contributed by atoms with Crippen LogP contribution in [0, 0.1) is 0 Å². The van der Waals surface area contributed by atoms with Crippen molar-refractivity contribution < 1.29 is 14.6 Å². The van der Waals surface area contributed by atoms with Crippen LogP contribution < -0.4 is 20.1 Å². The number of benzene rings is 2. The number of hydrogen-bond acceptors (Lipinski definition) is 7. The molecular formula is C22H26N4O3. The maximum atomic E-state index is 10.1. The molecule has 0 aliphatic carbocycles. The molecule has 7 nitrogen and oxygen atoms in total. The van der Waals surface area contributed by atoms with Gasteiger partial charge in [0.1, 0.15) is 24.2 Å². The van der Waals surface area contributed by atoms with Crippen molar-refractivity contribution in [1.82, 2.24) is 15.3 Å². The number of aliphatic hydroxyl groups excluding tert-OH is 1. The largest absolute Gasteiger partial charge is 0.497 e. The Hall–Kier alpha value is -3.16. The number of aliphatic hydroxyl groups is 1. The van der Waals surface area contributed by atoms with E-state index in [4.69, 9.17) is 9.47 Å². The van der Waals surface area contributed by atoms with Crippen molar-refractivity contribution >= 4 is 5.95 Å². The maximum absolute atomic E-state index is 10.1. The Bertz CT molecular complexity index is 885. The Morgan fingerprint density at radius 2 is 1.72 bits per heavy atom. The molecule has 0 aliphatic rings. The van der Waals surface area contributed by atoms with Crippen LogP contribution in [0.15, 0.2) is 60.9 Å². The summed E-state index contributed by atoms with van der Waals surface area (Å²) in [7, 11) is 3.54. The standard InChI is InChI=1S/C22H26N4O3/c1-23-11-16-4-3-5-17(10-16)18-12-24-22(25-13-18)26-14-19(27)15-29-21-8-6-20(28-2)7-9-21/h3-10,12-13,19,23,27H,11,14-15H2,1-2H3,(H,24,25,26). The molecule has 0 saturated carbocycles. The monoisotopic (exact) mass is 394 g/mol. The van der Waals surface area contributed by atoms with Crippen molar-refractivity contribution in [2.75, 3.05) is 32.6 Å². The van der Waals surface area contributed by atoms with Gasteiger partial charge in [-0.05, 0) is 48.5 Å². The first kappa shape index (κ1) is 20.6. The molecule has 3 rings (SSSR count). The van der Waals surface area contributed by atoms with E-state index in [-0.39, 0.29) is 13.2 Å². The van der Waals surface area contributed by atoms with Crippen molar-refractivity contribution in [2.45, 2.75) is 12.6 Å². The van der Waals surface area contributed by atoms with Gasteiger partial charge in [-0.3, -0.25) is 0 Å². The highest BCUT2D eigenvalue weighted by atomic mass is 16.5. The predicted molar refractivity (Wildman–Crippen MR) is 113 cm³/mol. The van der Waals surface area contributed by atoms with Crippen LogP contribution >= 0.6 is 0 Å². The molecule has 1 atom stereocenters. The van der Waals surface area contributed by atoms with Gasteiger partial charge in [0, 0.05) is 31.0 Å². The number of anilines is 1. The lowest BCUT2D eigenvalue weighted by Gasteiger charge is -2.13. The van der Waals surface area contributed by atoms with Crippen molar-refractivity contribution in [3.05, 3.63) is 66.5 Å². The molecule has 7 heteroatoms. The van der Waals surface area contributed by atoms with E-state index in [9.17, 15) is 5.11 Å². The second kappa shape index (κ2) is 10.4. The zero-order valence-corrected chi connectivity index (χ0v) is 16.6. The van der Waals surface area contributed by atoms with Crippen LogP contribution in [0.5, 0.6) is 11.5 Å². The Balaban J connectivity index is 1.48. The Morgan fingerprint density at radius 3 is 2.41 bits per heavy atom. The van der Waals surface area contributed by atoms with Gasteiger partial charge in [0.15, 0.2) is 0 Å². The third-order valence-corrected chi connectivity index (χ3v) is 4.29. The smallest absolute Gasteiger partial charge is 0.222 e. The molecule has 0 fully saturated rings. The van der Waals surface area contributed by atoms with Gasteiger partial charge in [-0.1, -0.05) is 18.2 Å². The number of hydrogen-bond donors (Lipinski definition) is 3. The van der Waals surface area contributed by atoms with Crippen LogP contribution in [-0.4, -0.2) is 48.5 Å². The molecule has 1 aromatic heterocycles. The summed E-state index contributed by atoms with van der Waals surface area (Å²) >= 11 is 0. The Labute approximate surface area is 170 Å². The fourth-order valence-electron chi connectivity index (χ4n) is 2.77. The van der Waals surface area contributed by atoms with Gasteiger partial charge in [-0.25, -0.2) is 9.97 Å². The molecule has 3 N–H and O–H groups in total. The molecule has 3 aromatic rings. The second-order valence-corrected chi connectivity index (χ2v) is 6.55. The quantitative estimate of drug-likeness (QED) is 0.487. The van der Waals surface area contributed by atoms with E-state index >= 15 is 0 Å². The van der Waals surface area contributed by atoms with E-state index in [1.54, 1.807) is 31.6 Å². The number of nitrogens with zero attached hydrogens (tertiary/aromatic N) is 2. The van der Waals surface area contributed by atoms with Gasteiger partial charge in [-0.2, -0.15) is 0 Å². The normalized spacial score (nSPS) is 11.7. The third-order valence-electron chi connectivity index (χ3n) is 4.29. The summed E-state index contributed by atoms with van der Waals surface area (Å²) in [4.78, 5) is 8.67. The lowest BCUT2D eigenvalue weighted by molar-refractivity contribution is 0.117. The first-order valence-corrected chi connectivity index (χ1v) is 9.42. The number of methoxy groups -OCH3 is 1. The summed E-state index contributed by atoms with van der Waals surface area (Å²) in [6, 6.07) is 15.5. The summed E-state index contributed by atoms with van der Waals surface area (Å²) in [5.74, 6) is 1.89. The van der Waals surface area contributed by atoms with Crippen molar-refractivity contribution in [3.63, 3.8) is 0 Å². The van der Waals surface area contributed by atoms with Crippen LogP contribution in [0.25, 0.3) is 11.1 Å².